The van der Waals surface area contributed by atoms with Gasteiger partial charge >= 0.3 is 0 Å². The van der Waals surface area contributed by atoms with E-state index in [0.717, 1.165) is 91.8 Å². The Bertz CT molecular complexity index is 1970. The molecule has 13 nitrogen and oxygen atoms in total. The molecule has 0 bridgehead atoms. The molecule has 13 heteroatoms. The van der Waals surface area contributed by atoms with Crippen LogP contribution >= 0.6 is 0 Å². The molecular formula is C39H45N9O4. The summed E-state index contributed by atoms with van der Waals surface area (Å²) in [6, 6.07) is 16.9. The van der Waals surface area contributed by atoms with E-state index in [1.807, 2.05) is 28.0 Å². The van der Waals surface area contributed by atoms with E-state index >= 15 is 0 Å². The van der Waals surface area contributed by atoms with Gasteiger partial charge in [0.1, 0.15) is 5.69 Å². The fourth-order valence-corrected chi connectivity index (χ4v) is 8.21. The second kappa shape index (κ2) is 14.7. The molecule has 4 aliphatic rings. The highest BCUT2D eigenvalue weighted by molar-refractivity contribution is 6.01. The van der Waals surface area contributed by atoms with Gasteiger partial charge < -0.3 is 19.7 Å². The molecule has 2 aromatic carbocycles. The molecule has 270 valence electrons. The van der Waals surface area contributed by atoms with Crippen LogP contribution in [0, 0.1) is 0 Å². The Labute approximate surface area is 302 Å². The SMILES string of the molecule is O=C1CCC(c2ccc(N3CCN(C4CCN(C(=O)c5cc6ccc(C7=CCCN(C(=O)CCn8ccnn8)C7)cc6[nH]5)CC4)CC3)cc2)C(=O)N1. The number of piperidine rings is 2. The number of H-pyrrole nitrogens is 1. The Kier molecular flexibility index (Phi) is 9.59. The summed E-state index contributed by atoms with van der Waals surface area (Å²) in [6.45, 7) is 7.08. The summed E-state index contributed by atoms with van der Waals surface area (Å²) in [5, 5.41) is 11.2. The summed E-state index contributed by atoms with van der Waals surface area (Å²) >= 11 is 0. The lowest BCUT2D eigenvalue weighted by molar-refractivity contribution is -0.134. The summed E-state index contributed by atoms with van der Waals surface area (Å²) in [4.78, 5) is 62.6. The second-order valence-electron chi connectivity index (χ2n) is 14.4. The first-order valence-corrected chi connectivity index (χ1v) is 18.5. The maximum absolute atomic E-state index is 13.6. The van der Waals surface area contributed by atoms with Gasteiger partial charge in [0.05, 0.1) is 18.7 Å². The third kappa shape index (κ3) is 7.22. The van der Waals surface area contributed by atoms with Crippen LogP contribution in [0.1, 0.15) is 66.1 Å². The van der Waals surface area contributed by atoms with Crippen LogP contribution in [-0.2, 0) is 20.9 Å². The molecule has 0 spiro atoms. The smallest absolute Gasteiger partial charge is 0.270 e. The van der Waals surface area contributed by atoms with Crippen molar-refractivity contribution in [3.05, 3.63) is 83.8 Å². The monoisotopic (exact) mass is 703 g/mol. The Balaban J connectivity index is 0.816. The molecule has 8 rings (SSSR count). The van der Waals surface area contributed by atoms with E-state index in [9.17, 15) is 19.2 Å². The highest BCUT2D eigenvalue weighted by Crippen LogP contribution is 2.29. The van der Waals surface area contributed by atoms with Crippen molar-refractivity contribution < 1.29 is 19.2 Å². The number of nitrogens with zero attached hydrogens (tertiary/aromatic N) is 7. The van der Waals surface area contributed by atoms with Gasteiger partial charge in [-0.3, -0.25) is 34.1 Å². The van der Waals surface area contributed by atoms with Crippen LogP contribution < -0.4 is 10.2 Å². The lowest BCUT2D eigenvalue weighted by Gasteiger charge is -2.43. The number of carbonyl (C=O) groups is 4. The Morgan fingerprint density at radius 3 is 2.42 bits per heavy atom. The Morgan fingerprint density at radius 2 is 1.67 bits per heavy atom. The molecule has 1 atom stereocenters. The number of benzene rings is 2. The summed E-state index contributed by atoms with van der Waals surface area (Å²) in [5.41, 5.74) is 5.84. The molecule has 1 unspecified atom stereocenters. The van der Waals surface area contributed by atoms with Crippen molar-refractivity contribution >= 4 is 45.8 Å². The van der Waals surface area contributed by atoms with Crippen molar-refractivity contribution in [2.75, 3.05) is 57.3 Å². The minimum Gasteiger partial charge on any atom is -0.369 e. The van der Waals surface area contributed by atoms with Crippen molar-refractivity contribution in [1.82, 2.24) is 40.0 Å². The van der Waals surface area contributed by atoms with Crippen molar-refractivity contribution in [1.29, 1.82) is 0 Å². The number of likely N-dealkylation sites (tertiary alicyclic amines) is 1. The number of piperazine rings is 1. The molecule has 0 saturated carbocycles. The van der Waals surface area contributed by atoms with E-state index in [1.54, 1.807) is 17.1 Å². The summed E-state index contributed by atoms with van der Waals surface area (Å²) in [5.74, 6) is -0.498. The maximum atomic E-state index is 13.6. The average molecular weight is 704 g/mol. The van der Waals surface area contributed by atoms with Crippen molar-refractivity contribution in [3.63, 3.8) is 0 Å². The third-order valence-electron chi connectivity index (χ3n) is 11.2. The molecule has 2 aromatic heterocycles. The zero-order valence-electron chi connectivity index (χ0n) is 29.4. The maximum Gasteiger partial charge on any atom is 0.270 e. The fourth-order valence-electron chi connectivity index (χ4n) is 8.21. The number of imide groups is 1. The molecule has 6 heterocycles. The summed E-state index contributed by atoms with van der Waals surface area (Å²) < 4.78 is 1.68. The standard InChI is InChI=1S/C39H45N9O4/c49-36-10-9-33(38(51)42-36)27-5-7-31(8-6-27)44-20-22-45(23-21-44)32-11-16-46(17-12-32)39(52)35-25-29-4-3-28(24-34(29)41-35)30-2-1-15-47(26-30)37(50)13-18-48-19-14-40-43-48/h2-8,14,19,24-25,32-33,41H,1,9-13,15-18,20-23,26H2,(H,42,49,51). The van der Waals surface area contributed by atoms with Gasteiger partial charge in [0.2, 0.25) is 17.7 Å². The van der Waals surface area contributed by atoms with Gasteiger partial charge in [0, 0.05) is 94.0 Å². The number of fused-ring (bicyclic) bond motifs is 1. The zero-order valence-corrected chi connectivity index (χ0v) is 29.4. The van der Waals surface area contributed by atoms with E-state index in [-0.39, 0.29) is 29.5 Å². The van der Waals surface area contributed by atoms with E-state index in [1.165, 1.54) is 0 Å². The topological polar surface area (TPSA) is 140 Å². The minimum absolute atomic E-state index is 0.0443. The van der Waals surface area contributed by atoms with Crippen LogP contribution in [0.3, 0.4) is 0 Å². The first-order valence-electron chi connectivity index (χ1n) is 18.5. The van der Waals surface area contributed by atoms with Gasteiger partial charge in [-0.25, -0.2) is 0 Å². The van der Waals surface area contributed by atoms with Crippen LogP contribution in [0.15, 0.2) is 67.0 Å². The minimum atomic E-state index is -0.261. The summed E-state index contributed by atoms with van der Waals surface area (Å²) in [7, 11) is 0. The van der Waals surface area contributed by atoms with Crippen LogP contribution in [-0.4, -0.2) is 117 Å². The lowest BCUT2D eigenvalue weighted by Crippen LogP contribution is -2.53. The number of aryl methyl sites for hydroxylation is 1. The number of anilines is 1. The number of nitrogens with one attached hydrogen (secondary N) is 2. The molecule has 4 aromatic rings. The van der Waals surface area contributed by atoms with Crippen LogP contribution in [0.2, 0.25) is 0 Å². The second-order valence-corrected chi connectivity index (χ2v) is 14.4. The molecule has 52 heavy (non-hydrogen) atoms. The Hall–Kier alpha value is -5.30. The van der Waals surface area contributed by atoms with E-state index in [2.05, 4.69) is 66.8 Å². The number of aromatic nitrogens is 4. The van der Waals surface area contributed by atoms with Crippen LogP contribution in [0.25, 0.3) is 16.5 Å². The van der Waals surface area contributed by atoms with Crippen LogP contribution in [0.5, 0.6) is 0 Å². The van der Waals surface area contributed by atoms with E-state index < -0.39 is 0 Å². The normalized spacial score (nSPS) is 20.7. The van der Waals surface area contributed by atoms with Crippen molar-refractivity contribution in [2.45, 2.75) is 57.0 Å². The molecule has 3 fully saturated rings. The van der Waals surface area contributed by atoms with Gasteiger partial charge in [0.25, 0.3) is 5.91 Å². The molecule has 3 saturated heterocycles. The largest absolute Gasteiger partial charge is 0.369 e. The highest BCUT2D eigenvalue weighted by atomic mass is 16.2. The van der Waals surface area contributed by atoms with Gasteiger partial charge in [0.15, 0.2) is 0 Å². The Morgan fingerprint density at radius 1 is 0.865 bits per heavy atom. The quantitative estimate of drug-likeness (QED) is 0.267. The molecule has 0 aliphatic carbocycles. The van der Waals surface area contributed by atoms with Gasteiger partial charge in [-0.15, -0.1) is 5.10 Å². The molecule has 0 radical (unpaired) electrons. The van der Waals surface area contributed by atoms with E-state index in [0.29, 0.717) is 50.6 Å². The number of amides is 4. The first-order chi connectivity index (χ1) is 25.4. The molecular weight excluding hydrogens is 658 g/mol. The highest BCUT2D eigenvalue weighted by Gasteiger charge is 2.31. The van der Waals surface area contributed by atoms with Gasteiger partial charge in [-0.05, 0) is 66.6 Å². The first kappa shape index (κ1) is 33.8. The van der Waals surface area contributed by atoms with Crippen LogP contribution in [0.4, 0.5) is 5.69 Å². The fraction of sp³-hybridized carbons (Fsp3) is 0.436. The number of aromatic amines is 1. The van der Waals surface area contributed by atoms with Gasteiger partial charge in [-0.1, -0.05) is 35.6 Å². The molecule has 2 N–H and O–H groups in total. The third-order valence-corrected chi connectivity index (χ3v) is 11.2. The van der Waals surface area contributed by atoms with Crippen molar-refractivity contribution in [2.24, 2.45) is 0 Å². The number of rotatable bonds is 8. The molecule has 4 aliphatic heterocycles. The summed E-state index contributed by atoms with van der Waals surface area (Å²) in [6.07, 6.45) is 9.65. The van der Waals surface area contributed by atoms with E-state index in [4.69, 9.17) is 0 Å². The molecule has 4 amide bonds. The number of carbonyl (C=O) groups excluding carboxylic acids is 4. The van der Waals surface area contributed by atoms with Gasteiger partial charge in [-0.2, -0.15) is 0 Å². The predicted octanol–water partition coefficient (Wildman–Crippen LogP) is 3.41. The predicted molar refractivity (Wildman–Crippen MR) is 196 cm³/mol. The lowest BCUT2D eigenvalue weighted by atomic mass is 9.90. The average Bonchev–Trinajstić information content (AvgIpc) is 3.87. The number of hydrogen-bond donors (Lipinski definition) is 2. The number of hydrogen-bond acceptors (Lipinski definition) is 8. The zero-order chi connectivity index (χ0) is 35.6. The van der Waals surface area contributed by atoms with Crippen molar-refractivity contribution in [3.8, 4) is 0 Å².